The van der Waals surface area contributed by atoms with Crippen LogP contribution in [0.1, 0.15) is 89.0 Å². The van der Waals surface area contributed by atoms with Crippen molar-refractivity contribution in [3.05, 3.63) is 41.5 Å². The Kier molecular flexibility index (Phi) is 7.72. The van der Waals surface area contributed by atoms with Gasteiger partial charge in [0.05, 0.1) is 0 Å². The predicted octanol–water partition coefficient (Wildman–Crippen LogP) is 7.87. The fraction of sp³-hybridized carbons (Fsp3) is 0.667. The van der Waals surface area contributed by atoms with E-state index in [1.807, 2.05) is 12.1 Å². The molecule has 1 atom stereocenters. The Morgan fingerprint density at radius 1 is 0.963 bits per heavy atom. The third kappa shape index (κ3) is 6.05. The van der Waals surface area contributed by atoms with Crippen molar-refractivity contribution in [1.82, 2.24) is 0 Å². The van der Waals surface area contributed by atoms with Crippen LogP contribution in [0.25, 0.3) is 0 Å². The molecule has 0 N–H and O–H groups in total. The fourth-order valence-corrected chi connectivity index (χ4v) is 5.01. The lowest BCUT2D eigenvalue weighted by atomic mass is 9.70. The number of rotatable bonds is 8. The maximum atomic E-state index is 12.3. The smallest absolute Gasteiger partial charge is 0.387 e. The molecule has 0 heterocycles. The van der Waals surface area contributed by atoms with Crippen molar-refractivity contribution in [1.29, 1.82) is 0 Å². The summed E-state index contributed by atoms with van der Waals surface area (Å²) in [6, 6.07) is 7.29. The number of alkyl halides is 2. The van der Waals surface area contributed by atoms with Gasteiger partial charge in [0.2, 0.25) is 0 Å². The van der Waals surface area contributed by atoms with E-state index in [0.717, 1.165) is 11.8 Å². The van der Waals surface area contributed by atoms with Gasteiger partial charge in [-0.15, -0.1) is 0 Å². The molecule has 3 rings (SSSR count). The Labute approximate surface area is 163 Å². The first-order valence-corrected chi connectivity index (χ1v) is 10.9. The molecule has 27 heavy (non-hydrogen) atoms. The number of hydrogen-bond donors (Lipinski definition) is 0. The van der Waals surface area contributed by atoms with Gasteiger partial charge in [0.15, 0.2) is 0 Å². The molecule has 1 aromatic carbocycles. The summed E-state index contributed by atoms with van der Waals surface area (Å²) in [5.74, 6) is 2.58. The average molecular weight is 377 g/mol. The van der Waals surface area contributed by atoms with E-state index in [-0.39, 0.29) is 5.75 Å². The molecule has 1 fully saturated rings. The fourth-order valence-electron chi connectivity index (χ4n) is 5.01. The van der Waals surface area contributed by atoms with Crippen molar-refractivity contribution in [3.63, 3.8) is 0 Å². The lowest BCUT2D eigenvalue weighted by Crippen LogP contribution is -2.22. The van der Waals surface area contributed by atoms with E-state index in [9.17, 15) is 8.78 Å². The van der Waals surface area contributed by atoms with Crippen molar-refractivity contribution >= 4 is 0 Å². The van der Waals surface area contributed by atoms with Gasteiger partial charge < -0.3 is 4.74 Å². The highest BCUT2D eigenvalue weighted by molar-refractivity contribution is 5.29. The summed E-state index contributed by atoms with van der Waals surface area (Å²) in [5, 5.41) is 0. The van der Waals surface area contributed by atoms with Crippen molar-refractivity contribution in [2.24, 2.45) is 11.8 Å². The van der Waals surface area contributed by atoms with Gasteiger partial charge in [-0.3, -0.25) is 0 Å². The van der Waals surface area contributed by atoms with Gasteiger partial charge in [-0.25, -0.2) is 0 Å². The van der Waals surface area contributed by atoms with Crippen LogP contribution < -0.4 is 4.74 Å². The van der Waals surface area contributed by atoms with E-state index in [0.29, 0.717) is 5.92 Å². The first kappa shape index (κ1) is 20.4. The number of ether oxygens (including phenoxy) is 1. The quantitative estimate of drug-likeness (QED) is 0.331. The molecule has 1 nitrogen and oxygen atoms in total. The SMILES string of the molecule is CCCCCC1=CCC([C@H]2CC[C@H](c3ccc(OC(F)F)cc3)CC2)CC1. The number of halogens is 2. The average Bonchev–Trinajstić information content (AvgIpc) is 2.69. The first-order valence-electron chi connectivity index (χ1n) is 10.9. The third-order valence-electron chi connectivity index (χ3n) is 6.66. The molecule has 2 aliphatic carbocycles. The minimum atomic E-state index is -2.75. The minimum absolute atomic E-state index is 0.256. The molecule has 0 bridgehead atoms. The lowest BCUT2D eigenvalue weighted by Gasteiger charge is -2.35. The van der Waals surface area contributed by atoms with Crippen LogP contribution in [0.5, 0.6) is 5.75 Å². The summed E-state index contributed by atoms with van der Waals surface area (Å²) in [6.07, 6.45) is 17.0. The number of hydrogen-bond acceptors (Lipinski definition) is 1. The number of benzene rings is 1. The molecule has 0 spiro atoms. The van der Waals surface area contributed by atoms with Crippen molar-refractivity contribution in [3.8, 4) is 5.75 Å². The summed E-state index contributed by atoms with van der Waals surface area (Å²) in [6.45, 7) is -0.476. The second-order valence-corrected chi connectivity index (χ2v) is 8.41. The van der Waals surface area contributed by atoms with Gasteiger partial charge in [0, 0.05) is 0 Å². The van der Waals surface area contributed by atoms with E-state index in [4.69, 9.17) is 0 Å². The second-order valence-electron chi connectivity index (χ2n) is 8.41. The van der Waals surface area contributed by atoms with Crippen LogP contribution in [0.15, 0.2) is 35.9 Å². The molecule has 0 radical (unpaired) electrons. The molecule has 0 aliphatic heterocycles. The van der Waals surface area contributed by atoms with Gasteiger partial charge in [0.25, 0.3) is 0 Å². The molecule has 0 aromatic heterocycles. The van der Waals surface area contributed by atoms with Crippen LogP contribution in [0, 0.1) is 11.8 Å². The Morgan fingerprint density at radius 2 is 1.70 bits per heavy atom. The summed E-state index contributed by atoms with van der Waals surface area (Å²) in [4.78, 5) is 0. The van der Waals surface area contributed by atoms with Gasteiger partial charge in [-0.2, -0.15) is 8.78 Å². The standard InChI is InChI=1S/C24H34F2O/c1-2-3-4-5-18-6-8-19(9-7-18)20-10-12-21(13-11-20)22-14-16-23(17-15-22)27-24(25)26/h6,14-17,19-21,24H,2-5,7-13H2,1H3/t19?,20-,21-. The van der Waals surface area contributed by atoms with Gasteiger partial charge in [-0.05, 0) is 93.2 Å². The van der Waals surface area contributed by atoms with Crippen molar-refractivity contribution in [2.75, 3.05) is 0 Å². The molecule has 1 saturated carbocycles. The van der Waals surface area contributed by atoms with Crippen LogP contribution in [-0.4, -0.2) is 6.61 Å². The molecule has 0 amide bonds. The molecular weight excluding hydrogens is 342 g/mol. The summed E-state index contributed by atoms with van der Waals surface area (Å²) in [7, 11) is 0. The monoisotopic (exact) mass is 376 g/mol. The van der Waals surface area contributed by atoms with E-state index in [1.165, 1.54) is 76.2 Å². The molecule has 1 unspecified atom stereocenters. The Morgan fingerprint density at radius 3 is 2.30 bits per heavy atom. The zero-order valence-electron chi connectivity index (χ0n) is 16.6. The Balaban J connectivity index is 1.44. The van der Waals surface area contributed by atoms with Gasteiger partial charge in [0.1, 0.15) is 5.75 Å². The third-order valence-corrected chi connectivity index (χ3v) is 6.66. The Hall–Kier alpha value is -1.38. The molecule has 1 aromatic rings. The number of unbranched alkanes of at least 4 members (excludes halogenated alkanes) is 2. The minimum Gasteiger partial charge on any atom is -0.435 e. The highest BCUT2D eigenvalue weighted by Crippen LogP contribution is 2.43. The summed E-state index contributed by atoms with van der Waals surface area (Å²) >= 11 is 0. The molecular formula is C24H34F2O. The molecule has 150 valence electrons. The maximum absolute atomic E-state index is 12.3. The predicted molar refractivity (Wildman–Crippen MR) is 107 cm³/mol. The lowest BCUT2D eigenvalue weighted by molar-refractivity contribution is -0.0498. The van der Waals surface area contributed by atoms with Crippen LogP contribution in [0.3, 0.4) is 0 Å². The first-order chi connectivity index (χ1) is 13.2. The topological polar surface area (TPSA) is 9.23 Å². The maximum Gasteiger partial charge on any atom is 0.387 e. The molecule has 0 saturated heterocycles. The Bertz CT molecular complexity index is 585. The van der Waals surface area contributed by atoms with Crippen molar-refractivity contribution in [2.45, 2.75) is 90.1 Å². The van der Waals surface area contributed by atoms with Crippen LogP contribution in [0.4, 0.5) is 8.78 Å². The summed E-state index contributed by atoms with van der Waals surface area (Å²) < 4.78 is 29.0. The highest BCUT2D eigenvalue weighted by Gasteiger charge is 2.29. The van der Waals surface area contributed by atoms with E-state index >= 15 is 0 Å². The number of allylic oxidation sites excluding steroid dienone is 2. The zero-order valence-corrected chi connectivity index (χ0v) is 16.6. The van der Waals surface area contributed by atoms with Crippen LogP contribution >= 0.6 is 0 Å². The van der Waals surface area contributed by atoms with Crippen molar-refractivity contribution < 1.29 is 13.5 Å². The van der Waals surface area contributed by atoms with E-state index < -0.39 is 6.61 Å². The van der Waals surface area contributed by atoms with E-state index in [1.54, 1.807) is 17.7 Å². The van der Waals surface area contributed by atoms with Crippen LogP contribution in [-0.2, 0) is 0 Å². The summed E-state index contributed by atoms with van der Waals surface area (Å²) in [5.41, 5.74) is 2.98. The van der Waals surface area contributed by atoms with E-state index in [2.05, 4.69) is 17.7 Å². The highest BCUT2D eigenvalue weighted by atomic mass is 19.3. The van der Waals surface area contributed by atoms with Gasteiger partial charge >= 0.3 is 6.61 Å². The second kappa shape index (κ2) is 10.2. The van der Waals surface area contributed by atoms with Crippen LogP contribution in [0.2, 0.25) is 0 Å². The zero-order chi connectivity index (χ0) is 19.1. The largest absolute Gasteiger partial charge is 0.435 e. The normalized spacial score (nSPS) is 26.1. The van der Waals surface area contributed by atoms with Gasteiger partial charge in [-0.1, -0.05) is 43.5 Å². The molecule has 3 heteroatoms. The molecule has 2 aliphatic rings.